The average molecular weight is 197 g/mol. The Hall–Kier alpha value is -0.500. The minimum absolute atomic E-state index is 0.0126. The monoisotopic (exact) mass is 197 g/mol. The molecule has 1 heterocycles. The molecule has 1 rings (SSSR count). The van der Waals surface area contributed by atoms with Crippen LogP contribution in [0.25, 0.3) is 0 Å². The Bertz CT molecular complexity index is 218. The van der Waals surface area contributed by atoms with Gasteiger partial charge < -0.3 is 9.64 Å². The van der Waals surface area contributed by atoms with Crippen LogP contribution in [-0.4, -0.2) is 30.7 Å². The van der Waals surface area contributed by atoms with Crippen LogP contribution in [0.5, 0.6) is 0 Å². The van der Waals surface area contributed by atoms with Crippen molar-refractivity contribution in [2.45, 2.75) is 39.7 Å². The summed E-state index contributed by atoms with van der Waals surface area (Å²) < 4.78 is 5.79. The van der Waals surface area contributed by atoms with Gasteiger partial charge in [-0.2, -0.15) is 0 Å². The molecule has 14 heavy (non-hydrogen) atoms. The van der Waals surface area contributed by atoms with Crippen molar-refractivity contribution in [3.05, 3.63) is 11.8 Å². The Morgan fingerprint density at radius 3 is 2.64 bits per heavy atom. The van der Waals surface area contributed by atoms with Crippen LogP contribution in [0.2, 0.25) is 0 Å². The first-order valence-electron chi connectivity index (χ1n) is 5.46. The fourth-order valence-electron chi connectivity index (χ4n) is 1.94. The molecule has 0 aromatic carbocycles. The predicted octanol–water partition coefficient (Wildman–Crippen LogP) is 2.66. The fourth-order valence-corrected chi connectivity index (χ4v) is 1.94. The smallest absolute Gasteiger partial charge is 0.0800 e. The quantitative estimate of drug-likeness (QED) is 0.641. The van der Waals surface area contributed by atoms with Crippen molar-refractivity contribution >= 4 is 0 Å². The maximum Gasteiger partial charge on any atom is 0.0800 e. The van der Waals surface area contributed by atoms with Crippen molar-refractivity contribution in [2.24, 2.45) is 5.92 Å². The van der Waals surface area contributed by atoms with Crippen molar-refractivity contribution < 1.29 is 4.74 Å². The van der Waals surface area contributed by atoms with Crippen LogP contribution in [0.4, 0.5) is 0 Å². The zero-order valence-corrected chi connectivity index (χ0v) is 10.1. The molecule has 0 atom stereocenters. The van der Waals surface area contributed by atoms with Crippen molar-refractivity contribution in [2.75, 3.05) is 20.2 Å². The van der Waals surface area contributed by atoms with E-state index in [0.717, 1.165) is 19.6 Å². The highest BCUT2D eigenvalue weighted by Crippen LogP contribution is 2.22. The molecule has 1 aliphatic heterocycles. The first-order valence-corrected chi connectivity index (χ1v) is 5.46. The molecule has 0 radical (unpaired) electrons. The Kier molecular flexibility index (Phi) is 3.59. The minimum Gasteiger partial charge on any atom is -0.375 e. The number of allylic oxidation sites excluding steroid dienone is 1. The molecule has 0 saturated carbocycles. The number of nitrogens with zero attached hydrogens (tertiary/aromatic N) is 1. The van der Waals surface area contributed by atoms with Gasteiger partial charge in [-0.3, -0.25) is 0 Å². The first kappa shape index (κ1) is 11.6. The average Bonchev–Trinajstić information content (AvgIpc) is 2.10. The van der Waals surface area contributed by atoms with Gasteiger partial charge in [-0.25, -0.2) is 0 Å². The Labute approximate surface area is 87.9 Å². The van der Waals surface area contributed by atoms with Crippen LogP contribution in [-0.2, 0) is 4.74 Å². The summed E-state index contributed by atoms with van der Waals surface area (Å²) in [5, 5.41) is 0. The molecule has 0 unspecified atom stereocenters. The molecule has 0 N–H and O–H groups in total. The summed E-state index contributed by atoms with van der Waals surface area (Å²) in [4.78, 5) is 2.33. The molecular formula is C12H23NO. The van der Waals surface area contributed by atoms with E-state index in [9.17, 15) is 0 Å². The Morgan fingerprint density at radius 2 is 2.07 bits per heavy atom. The zero-order valence-electron chi connectivity index (χ0n) is 10.1. The van der Waals surface area contributed by atoms with Gasteiger partial charge in [0.15, 0.2) is 0 Å². The maximum atomic E-state index is 5.79. The van der Waals surface area contributed by atoms with Crippen molar-refractivity contribution in [3.63, 3.8) is 0 Å². The molecule has 0 bridgehead atoms. The molecular weight excluding hydrogens is 174 g/mol. The van der Waals surface area contributed by atoms with Crippen LogP contribution < -0.4 is 0 Å². The second-order valence-corrected chi connectivity index (χ2v) is 5.12. The third kappa shape index (κ3) is 3.33. The highest BCUT2D eigenvalue weighted by Gasteiger charge is 2.25. The molecule has 1 aliphatic rings. The Morgan fingerprint density at radius 1 is 1.43 bits per heavy atom. The lowest BCUT2D eigenvalue weighted by Gasteiger charge is -2.28. The van der Waals surface area contributed by atoms with Crippen LogP contribution in [0, 0.1) is 5.92 Å². The topological polar surface area (TPSA) is 12.5 Å². The molecule has 82 valence electrons. The van der Waals surface area contributed by atoms with Crippen molar-refractivity contribution in [3.8, 4) is 0 Å². The number of hydrogen-bond acceptors (Lipinski definition) is 2. The third-order valence-corrected chi connectivity index (χ3v) is 2.48. The lowest BCUT2D eigenvalue weighted by molar-refractivity contribution is -0.0143. The molecule has 0 aromatic heterocycles. The van der Waals surface area contributed by atoms with Gasteiger partial charge in [-0.05, 0) is 19.8 Å². The summed E-state index contributed by atoms with van der Waals surface area (Å²) in [5.41, 5.74) is 1.41. The van der Waals surface area contributed by atoms with E-state index in [-0.39, 0.29) is 5.60 Å². The summed E-state index contributed by atoms with van der Waals surface area (Å²) in [7, 11) is 2.16. The molecule has 0 aliphatic carbocycles. The number of ether oxygens (including phenoxy) is 1. The van der Waals surface area contributed by atoms with Gasteiger partial charge >= 0.3 is 0 Å². The summed E-state index contributed by atoms with van der Waals surface area (Å²) in [6.07, 6.45) is 3.38. The van der Waals surface area contributed by atoms with E-state index in [0.29, 0.717) is 5.92 Å². The molecule has 1 saturated heterocycles. The van der Waals surface area contributed by atoms with Gasteiger partial charge in [-0.1, -0.05) is 19.9 Å². The standard InChI is InChI=1S/C12H23NO/c1-10(2)8-11-6-7-14-12(3,4)9-13(11)5/h8,10H,6-7,9H2,1-5H3. The first-order chi connectivity index (χ1) is 6.41. The number of hydrogen-bond donors (Lipinski definition) is 0. The van der Waals surface area contributed by atoms with Gasteiger partial charge in [0.1, 0.15) is 0 Å². The van der Waals surface area contributed by atoms with E-state index in [2.05, 4.69) is 45.7 Å². The molecule has 0 amide bonds. The van der Waals surface area contributed by atoms with E-state index in [1.165, 1.54) is 5.70 Å². The van der Waals surface area contributed by atoms with Gasteiger partial charge in [0.25, 0.3) is 0 Å². The zero-order chi connectivity index (χ0) is 10.8. The lowest BCUT2D eigenvalue weighted by atomic mass is 10.1. The van der Waals surface area contributed by atoms with Crippen LogP contribution in [0.1, 0.15) is 34.1 Å². The van der Waals surface area contributed by atoms with Gasteiger partial charge in [0.2, 0.25) is 0 Å². The molecule has 0 aromatic rings. The predicted molar refractivity (Wildman–Crippen MR) is 60.2 cm³/mol. The van der Waals surface area contributed by atoms with Crippen molar-refractivity contribution in [1.82, 2.24) is 4.90 Å². The highest BCUT2D eigenvalue weighted by atomic mass is 16.5. The molecule has 2 nitrogen and oxygen atoms in total. The Balaban J connectivity index is 2.72. The van der Waals surface area contributed by atoms with Crippen LogP contribution >= 0.6 is 0 Å². The van der Waals surface area contributed by atoms with E-state index in [4.69, 9.17) is 4.74 Å². The summed E-state index contributed by atoms with van der Waals surface area (Å²) in [5.74, 6) is 0.619. The van der Waals surface area contributed by atoms with E-state index in [1.54, 1.807) is 0 Å². The largest absolute Gasteiger partial charge is 0.375 e. The van der Waals surface area contributed by atoms with Crippen molar-refractivity contribution in [1.29, 1.82) is 0 Å². The second kappa shape index (κ2) is 4.35. The SMILES string of the molecule is CC(C)C=C1CCOC(C)(C)CN1C. The molecule has 1 fully saturated rings. The van der Waals surface area contributed by atoms with Crippen LogP contribution in [0.3, 0.4) is 0 Å². The lowest BCUT2D eigenvalue weighted by Crippen LogP contribution is -2.35. The summed E-state index contributed by atoms with van der Waals surface area (Å²) in [6.45, 7) is 10.6. The van der Waals surface area contributed by atoms with E-state index >= 15 is 0 Å². The maximum absolute atomic E-state index is 5.79. The van der Waals surface area contributed by atoms with E-state index in [1.807, 2.05) is 0 Å². The van der Waals surface area contributed by atoms with E-state index < -0.39 is 0 Å². The minimum atomic E-state index is -0.0126. The van der Waals surface area contributed by atoms with Gasteiger partial charge in [0, 0.05) is 25.7 Å². The fraction of sp³-hybridized carbons (Fsp3) is 0.833. The van der Waals surface area contributed by atoms with Crippen LogP contribution in [0.15, 0.2) is 11.8 Å². The normalized spacial score (nSPS) is 25.6. The molecule has 0 spiro atoms. The highest BCUT2D eigenvalue weighted by molar-refractivity contribution is 5.04. The number of rotatable bonds is 1. The summed E-state index contributed by atoms with van der Waals surface area (Å²) >= 11 is 0. The van der Waals surface area contributed by atoms with Gasteiger partial charge in [-0.15, -0.1) is 0 Å². The summed E-state index contributed by atoms with van der Waals surface area (Å²) in [6, 6.07) is 0. The number of likely N-dealkylation sites (N-methyl/N-ethyl adjacent to an activating group) is 1. The third-order valence-electron chi connectivity index (χ3n) is 2.48. The second-order valence-electron chi connectivity index (χ2n) is 5.12. The van der Waals surface area contributed by atoms with Gasteiger partial charge in [0.05, 0.1) is 12.2 Å². The molecule has 2 heteroatoms.